The summed E-state index contributed by atoms with van der Waals surface area (Å²) in [6.07, 6.45) is 1.84. The number of hydrogen-bond donors (Lipinski definition) is 1. The summed E-state index contributed by atoms with van der Waals surface area (Å²) in [6.45, 7) is 1.89. The molecule has 0 bridgehead atoms. The van der Waals surface area contributed by atoms with E-state index < -0.39 is 21.8 Å². The van der Waals surface area contributed by atoms with Crippen molar-refractivity contribution in [3.63, 3.8) is 0 Å². The SMILES string of the molecule is Cc1cn([I-]N)nn1. The first-order chi connectivity index (χ1) is 3.83. The minimum absolute atomic E-state index is 0.427. The van der Waals surface area contributed by atoms with Crippen molar-refractivity contribution in [3.8, 4) is 0 Å². The van der Waals surface area contributed by atoms with Crippen LogP contribution in [0.1, 0.15) is 5.69 Å². The molecule has 0 fully saturated rings. The zero-order valence-corrected chi connectivity index (χ0v) is 6.53. The van der Waals surface area contributed by atoms with E-state index in [0.717, 1.165) is 5.69 Å². The monoisotopic (exact) mass is 225 g/mol. The van der Waals surface area contributed by atoms with Crippen molar-refractivity contribution in [3.05, 3.63) is 11.9 Å². The van der Waals surface area contributed by atoms with Gasteiger partial charge in [-0.15, -0.1) is 0 Å². The first-order valence-corrected chi connectivity index (χ1v) is 4.27. The molecule has 0 aliphatic rings. The van der Waals surface area contributed by atoms with Crippen molar-refractivity contribution in [2.24, 2.45) is 3.95 Å². The van der Waals surface area contributed by atoms with Gasteiger partial charge in [-0.3, -0.25) is 0 Å². The van der Waals surface area contributed by atoms with Crippen LogP contribution in [-0.2, 0) is 0 Å². The number of aromatic nitrogens is 3. The van der Waals surface area contributed by atoms with Crippen LogP contribution in [0.2, 0.25) is 0 Å². The summed E-state index contributed by atoms with van der Waals surface area (Å²) in [7, 11) is 0. The van der Waals surface area contributed by atoms with Crippen molar-refractivity contribution in [1.82, 2.24) is 13.2 Å². The first kappa shape index (κ1) is 5.96. The summed E-state index contributed by atoms with van der Waals surface area (Å²) in [6, 6.07) is 0. The molecular formula is C3H6IN4-. The van der Waals surface area contributed by atoms with Gasteiger partial charge >= 0.3 is 57.7 Å². The predicted octanol–water partition coefficient (Wildman–Crippen LogP) is -3.69. The Morgan fingerprint density at radius 1 is 1.88 bits per heavy atom. The van der Waals surface area contributed by atoms with Crippen molar-refractivity contribution in [2.45, 2.75) is 6.92 Å². The Balaban J connectivity index is 2.84. The van der Waals surface area contributed by atoms with Crippen LogP contribution in [0.5, 0.6) is 0 Å². The molecular weight excluding hydrogens is 219 g/mol. The van der Waals surface area contributed by atoms with Crippen LogP contribution in [0.4, 0.5) is 0 Å². The fourth-order valence-electron chi connectivity index (χ4n) is 0.367. The zero-order valence-electron chi connectivity index (χ0n) is 4.37. The average molecular weight is 225 g/mol. The normalized spacial score (nSPS) is 10.2. The summed E-state index contributed by atoms with van der Waals surface area (Å²) in [5, 5.41) is 7.47. The van der Waals surface area contributed by atoms with E-state index in [1.165, 1.54) is 0 Å². The van der Waals surface area contributed by atoms with Gasteiger partial charge in [-0.2, -0.15) is 0 Å². The molecule has 0 spiro atoms. The van der Waals surface area contributed by atoms with Crippen LogP contribution in [-0.4, -0.2) is 13.2 Å². The zero-order chi connectivity index (χ0) is 5.98. The van der Waals surface area contributed by atoms with Crippen molar-refractivity contribution < 1.29 is 21.8 Å². The second kappa shape index (κ2) is 2.40. The Morgan fingerprint density at radius 2 is 2.62 bits per heavy atom. The van der Waals surface area contributed by atoms with Gasteiger partial charge in [0.1, 0.15) is 0 Å². The van der Waals surface area contributed by atoms with E-state index in [9.17, 15) is 0 Å². The van der Waals surface area contributed by atoms with Crippen LogP contribution >= 0.6 is 0 Å². The standard InChI is InChI=1S/C3H6IN4/c1-3-2-8(4-5)7-6-3/h2H,5H2,1H3/q-1. The molecule has 0 aliphatic heterocycles. The van der Waals surface area contributed by atoms with Gasteiger partial charge in [0, 0.05) is 0 Å². The Hall–Kier alpha value is -0.170. The van der Waals surface area contributed by atoms with E-state index in [4.69, 9.17) is 3.95 Å². The summed E-state index contributed by atoms with van der Waals surface area (Å²) in [4.78, 5) is 0. The predicted molar refractivity (Wildman–Crippen MR) is 24.3 cm³/mol. The topological polar surface area (TPSA) is 56.7 Å². The average Bonchev–Trinajstić information content (AvgIpc) is 2.14. The number of aryl methyl sites for hydroxylation is 1. The van der Waals surface area contributed by atoms with Gasteiger partial charge in [-0.25, -0.2) is 0 Å². The van der Waals surface area contributed by atoms with Crippen LogP contribution in [0.15, 0.2) is 6.20 Å². The molecule has 0 saturated heterocycles. The van der Waals surface area contributed by atoms with Crippen LogP contribution in [0, 0.1) is 6.92 Å². The maximum absolute atomic E-state index is 5.33. The molecule has 0 unspecified atom stereocenters. The summed E-state index contributed by atoms with van der Waals surface area (Å²) >= 11 is -0.427. The molecule has 1 heterocycles. The molecule has 1 aromatic heterocycles. The summed E-state index contributed by atoms with van der Waals surface area (Å²) < 4.78 is 7.02. The molecule has 0 aromatic carbocycles. The Morgan fingerprint density at radius 3 is 2.88 bits per heavy atom. The summed E-state index contributed by atoms with van der Waals surface area (Å²) in [5.74, 6) is 0. The van der Waals surface area contributed by atoms with Crippen LogP contribution in [0.3, 0.4) is 0 Å². The second-order valence-corrected chi connectivity index (χ2v) is 2.89. The van der Waals surface area contributed by atoms with Gasteiger partial charge in [-0.1, -0.05) is 0 Å². The fraction of sp³-hybridized carbons (Fsp3) is 0.333. The van der Waals surface area contributed by atoms with E-state index in [0.29, 0.717) is 0 Å². The third-order valence-electron chi connectivity index (χ3n) is 0.681. The molecule has 5 heteroatoms. The maximum atomic E-state index is 5.33. The molecule has 0 amide bonds. The van der Waals surface area contributed by atoms with Gasteiger partial charge in [-0.05, 0) is 0 Å². The van der Waals surface area contributed by atoms with Gasteiger partial charge in [0.2, 0.25) is 0 Å². The summed E-state index contributed by atoms with van der Waals surface area (Å²) in [5.41, 5.74) is 0.926. The number of nitrogens with two attached hydrogens (primary N) is 1. The number of hydrogen-bond acceptors (Lipinski definition) is 3. The fourth-order valence-corrected chi connectivity index (χ4v) is 1.14. The molecule has 2 N–H and O–H groups in total. The Labute approximate surface area is 58.0 Å². The van der Waals surface area contributed by atoms with Gasteiger partial charge in [0.15, 0.2) is 0 Å². The van der Waals surface area contributed by atoms with E-state index >= 15 is 0 Å². The van der Waals surface area contributed by atoms with E-state index in [1.807, 2.05) is 13.1 Å². The van der Waals surface area contributed by atoms with Crippen LogP contribution < -0.4 is 25.7 Å². The van der Waals surface area contributed by atoms with E-state index in [-0.39, 0.29) is 0 Å². The molecule has 1 aromatic rings. The number of nitrogens with zero attached hydrogens (tertiary/aromatic N) is 3. The Kier molecular flexibility index (Phi) is 1.79. The number of halogens is 1. The molecule has 0 saturated carbocycles. The van der Waals surface area contributed by atoms with Gasteiger partial charge in [0.25, 0.3) is 0 Å². The van der Waals surface area contributed by atoms with Gasteiger partial charge < -0.3 is 0 Å². The first-order valence-electron chi connectivity index (χ1n) is 2.06. The molecule has 1 rings (SSSR count). The third kappa shape index (κ3) is 1.16. The third-order valence-corrected chi connectivity index (χ3v) is 1.72. The Bertz CT molecular complexity index is 172. The van der Waals surface area contributed by atoms with E-state index in [2.05, 4.69) is 10.3 Å². The molecule has 8 heavy (non-hydrogen) atoms. The van der Waals surface area contributed by atoms with Crippen molar-refractivity contribution >= 4 is 0 Å². The second-order valence-electron chi connectivity index (χ2n) is 1.35. The van der Waals surface area contributed by atoms with Crippen LogP contribution in [0.25, 0.3) is 0 Å². The minimum atomic E-state index is -0.427. The molecule has 0 aliphatic carbocycles. The van der Waals surface area contributed by atoms with Crippen molar-refractivity contribution in [1.29, 1.82) is 0 Å². The molecule has 46 valence electrons. The quantitative estimate of drug-likeness (QED) is 0.395. The molecule has 4 nitrogen and oxygen atoms in total. The number of rotatable bonds is 1. The van der Waals surface area contributed by atoms with Gasteiger partial charge in [0.05, 0.1) is 0 Å². The van der Waals surface area contributed by atoms with E-state index in [1.54, 1.807) is 2.90 Å². The molecule has 0 atom stereocenters. The molecule has 0 radical (unpaired) electrons. The van der Waals surface area contributed by atoms with Crippen molar-refractivity contribution in [2.75, 3.05) is 0 Å².